The molecule has 0 atom stereocenters. The summed E-state index contributed by atoms with van der Waals surface area (Å²) in [6.07, 6.45) is 0. The second-order valence-electron chi connectivity index (χ2n) is 3.37. The molecule has 0 aliphatic carbocycles. The summed E-state index contributed by atoms with van der Waals surface area (Å²) in [6.45, 7) is 4.42. The molecule has 1 aromatic carbocycles. The van der Waals surface area contributed by atoms with E-state index in [0.717, 1.165) is 0 Å². The van der Waals surface area contributed by atoms with E-state index in [-0.39, 0.29) is 0 Å². The summed E-state index contributed by atoms with van der Waals surface area (Å²) < 4.78 is 1.53. The molecule has 0 radical (unpaired) electrons. The Labute approximate surface area is 84.2 Å². The van der Waals surface area contributed by atoms with Crippen LogP contribution >= 0.6 is 0 Å². The van der Waals surface area contributed by atoms with Gasteiger partial charge < -0.3 is 0 Å². The van der Waals surface area contributed by atoms with Crippen LogP contribution in [0.4, 0.5) is 0 Å². The van der Waals surface area contributed by atoms with E-state index in [1.54, 1.807) is 0 Å². The van der Waals surface area contributed by atoms with Gasteiger partial charge in [0.15, 0.2) is 0 Å². The van der Waals surface area contributed by atoms with Crippen LogP contribution in [0.5, 0.6) is 0 Å². The van der Waals surface area contributed by atoms with Crippen molar-refractivity contribution in [3.05, 3.63) is 51.2 Å². The summed E-state index contributed by atoms with van der Waals surface area (Å²) in [5.74, 6) is 0. The second-order valence-corrected chi connectivity index (χ2v) is 7.24. The Morgan fingerprint density at radius 3 is 1.92 bits per heavy atom. The van der Waals surface area contributed by atoms with Crippen molar-refractivity contribution in [2.75, 3.05) is 0 Å². The fourth-order valence-electron chi connectivity index (χ4n) is 1.41. The first-order chi connectivity index (χ1) is 6.27. The summed E-state index contributed by atoms with van der Waals surface area (Å²) in [7, 11) is 0. The fourth-order valence-corrected chi connectivity index (χ4v) is 5.88. The van der Waals surface area contributed by atoms with Crippen LogP contribution in [0, 0.1) is 0 Å². The molecule has 0 saturated carbocycles. The average Bonchev–Trinajstić information content (AvgIpc) is 2.49. The van der Waals surface area contributed by atoms with Gasteiger partial charge in [-0.15, -0.1) is 0 Å². The van der Waals surface area contributed by atoms with Crippen LogP contribution in [0.2, 0.25) is 0 Å². The maximum atomic E-state index is 2.47. The van der Waals surface area contributed by atoms with Crippen LogP contribution in [0.15, 0.2) is 51.2 Å². The summed E-state index contributed by atoms with van der Waals surface area (Å²) in [4.78, 5) is 4.94. The molecule has 0 fully saturated rings. The summed E-state index contributed by atoms with van der Waals surface area (Å²) in [6, 6.07) is 10.8. The fraction of sp³-hybridized carbons (Fsp3) is 0.167. The zero-order valence-corrected chi connectivity index (χ0v) is 9.87. The Hall–Kier alpha value is -0.742. The molecule has 0 unspecified atom stereocenters. The molecule has 0 spiro atoms. The van der Waals surface area contributed by atoms with Gasteiger partial charge in [0.25, 0.3) is 0 Å². The Morgan fingerprint density at radius 2 is 1.38 bits per heavy atom. The van der Waals surface area contributed by atoms with Gasteiger partial charge in [-0.25, -0.2) is 0 Å². The van der Waals surface area contributed by atoms with E-state index in [1.807, 2.05) is 0 Å². The molecule has 1 heteroatoms. The number of rotatable bonds is 1. The molecule has 1 aliphatic rings. The maximum absolute atomic E-state index is 2.47. The summed E-state index contributed by atoms with van der Waals surface area (Å²) >= 11 is -0.948. The van der Waals surface area contributed by atoms with Gasteiger partial charge in [-0.3, -0.25) is 0 Å². The van der Waals surface area contributed by atoms with Gasteiger partial charge in [-0.2, -0.15) is 0 Å². The average molecular weight is 232 g/mol. The van der Waals surface area contributed by atoms with E-state index in [4.69, 9.17) is 0 Å². The number of hydrogen-bond donors (Lipinski definition) is 0. The predicted octanol–water partition coefficient (Wildman–Crippen LogP) is 2.37. The van der Waals surface area contributed by atoms with E-state index >= 15 is 0 Å². The Morgan fingerprint density at radius 1 is 0.846 bits per heavy atom. The molecule has 1 aromatic rings. The molecule has 66 valence electrons. The normalized spacial score (nSPS) is 17.1. The van der Waals surface area contributed by atoms with E-state index in [1.165, 1.54) is 15.5 Å². The quantitative estimate of drug-likeness (QED) is 0.652. The Balaban J connectivity index is 2.32. The molecule has 0 amide bonds. The van der Waals surface area contributed by atoms with Crippen LogP contribution in [0.3, 0.4) is 0 Å². The molecule has 0 nitrogen and oxygen atoms in total. The van der Waals surface area contributed by atoms with E-state index in [9.17, 15) is 0 Å². The Bertz CT molecular complexity index is 342. The second kappa shape index (κ2) is 3.55. The monoisotopic (exact) mass is 232 g/mol. The van der Waals surface area contributed by atoms with Crippen molar-refractivity contribution >= 4 is 19.0 Å². The van der Waals surface area contributed by atoms with Crippen LogP contribution < -0.4 is 4.35 Å². The van der Waals surface area contributed by atoms with Gasteiger partial charge in [-0.1, -0.05) is 0 Å². The van der Waals surface area contributed by atoms with Gasteiger partial charge in [0.2, 0.25) is 0 Å². The zero-order valence-electron chi connectivity index (χ0n) is 7.99. The Kier molecular flexibility index (Phi) is 2.42. The minimum atomic E-state index is -0.948. The van der Waals surface area contributed by atoms with Crippen molar-refractivity contribution in [2.24, 2.45) is 0 Å². The summed E-state index contributed by atoms with van der Waals surface area (Å²) in [5, 5.41) is 0. The third kappa shape index (κ3) is 1.78. The van der Waals surface area contributed by atoms with Gasteiger partial charge in [-0.05, 0) is 0 Å². The van der Waals surface area contributed by atoms with Crippen LogP contribution in [0.1, 0.15) is 13.8 Å². The predicted molar refractivity (Wildman–Crippen MR) is 59.3 cm³/mol. The van der Waals surface area contributed by atoms with Crippen molar-refractivity contribution in [3.63, 3.8) is 0 Å². The van der Waals surface area contributed by atoms with Gasteiger partial charge >= 0.3 is 84.1 Å². The molecular formula is C12H13As. The molecule has 1 aliphatic heterocycles. The van der Waals surface area contributed by atoms with Crippen LogP contribution in [0.25, 0.3) is 0 Å². The molecule has 13 heavy (non-hydrogen) atoms. The molecule has 0 N–H and O–H groups in total. The third-order valence-corrected chi connectivity index (χ3v) is 7.01. The van der Waals surface area contributed by atoms with E-state index < -0.39 is 14.7 Å². The molecular weight excluding hydrogens is 219 g/mol. The molecule has 1 heterocycles. The summed E-state index contributed by atoms with van der Waals surface area (Å²) in [5.41, 5.74) is 2.95. The van der Waals surface area contributed by atoms with Crippen LogP contribution in [-0.2, 0) is 0 Å². The topological polar surface area (TPSA) is 0 Å². The first kappa shape index (κ1) is 8.84. The molecule has 0 aromatic heterocycles. The zero-order chi connectivity index (χ0) is 9.26. The van der Waals surface area contributed by atoms with Crippen molar-refractivity contribution in [3.8, 4) is 0 Å². The number of allylic oxidation sites excluding steroid dienone is 2. The first-order valence-corrected chi connectivity index (χ1v) is 7.58. The van der Waals surface area contributed by atoms with Gasteiger partial charge in [0.05, 0.1) is 0 Å². The van der Waals surface area contributed by atoms with Crippen molar-refractivity contribution < 1.29 is 0 Å². The molecule has 0 saturated heterocycles. The minimum absolute atomic E-state index is 0.948. The van der Waals surface area contributed by atoms with E-state index in [2.05, 4.69) is 53.9 Å². The van der Waals surface area contributed by atoms with Crippen molar-refractivity contribution in [2.45, 2.75) is 13.8 Å². The molecule has 2 rings (SSSR count). The number of hydrogen-bond acceptors (Lipinski definition) is 0. The first-order valence-electron chi connectivity index (χ1n) is 4.48. The van der Waals surface area contributed by atoms with Gasteiger partial charge in [0, 0.05) is 0 Å². The van der Waals surface area contributed by atoms with Crippen molar-refractivity contribution in [1.29, 1.82) is 0 Å². The third-order valence-electron chi connectivity index (χ3n) is 2.34. The van der Waals surface area contributed by atoms with Crippen molar-refractivity contribution in [1.82, 2.24) is 0 Å². The number of benzene rings is 1. The SMILES string of the molecule is CC1=C[As](c2ccccc2)C=C1C. The molecule has 0 bridgehead atoms. The van der Waals surface area contributed by atoms with Crippen LogP contribution in [-0.4, -0.2) is 14.7 Å². The van der Waals surface area contributed by atoms with Gasteiger partial charge in [0.1, 0.15) is 0 Å². The standard InChI is InChI=1S/C12H13As/c1-10-8-13(9-11(10)2)12-6-4-3-5-7-12/h3-9H,1-2H3. The van der Waals surface area contributed by atoms with E-state index in [0.29, 0.717) is 0 Å².